The number of rotatable bonds is 10. The molecule has 0 saturated carbocycles. The van der Waals surface area contributed by atoms with Gasteiger partial charge in [0.1, 0.15) is 21.8 Å². The highest BCUT2D eigenvalue weighted by Crippen LogP contribution is 2.36. The number of thiocarbonyl (C=S) groups is 1. The van der Waals surface area contributed by atoms with Gasteiger partial charge in [0.2, 0.25) is 0 Å². The summed E-state index contributed by atoms with van der Waals surface area (Å²) in [5.74, 6) is 0.764. The molecular weight excluding hydrogens is 476 g/mol. The van der Waals surface area contributed by atoms with E-state index in [1.54, 1.807) is 9.47 Å². The monoisotopic (exact) mass is 514 g/mol. The van der Waals surface area contributed by atoms with Crippen LogP contribution in [0.1, 0.15) is 94.7 Å². The maximum absolute atomic E-state index is 13.3. The van der Waals surface area contributed by atoms with Gasteiger partial charge in [-0.25, -0.2) is 0 Å². The molecule has 0 aromatic carbocycles. The number of nitrogens with zero attached hydrogens (tertiary/aromatic N) is 4. The largest absolute Gasteiger partial charge is 0.357 e. The molecule has 0 atom stereocenters. The van der Waals surface area contributed by atoms with Crippen molar-refractivity contribution >= 4 is 46.1 Å². The Hall–Kier alpha value is -2.11. The van der Waals surface area contributed by atoms with E-state index in [0.29, 0.717) is 27.9 Å². The lowest BCUT2D eigenvalue weighted by molar-refractivity contribution is -0.122. The van der Waals surface area contributed by atoms with E-state index in [4.69, 9.17) is 12.2 Å². The van der Waals surface area contributed by atoms with E-state index >= 15 is 0 Å². The smallest absolute Gasteiger partial charge is 0.270 e. The van der Waals surface area contributed by atoms with Gasteiger partial charge in [-0.15, -0.1) is 0 Å². The predicted octanol–water partition coefficient (Wildman–Crippen LogP) is 5.99. The summed E-state index contributed by atoms with van der Waals surface area (Å²) in [6.45, 7) is 8.81. The number of hydrogen-bond acceptors (Lipinski definition) is 6. The van der Waals surface area contributed by atoms with E-state index < -0.39 is 0 Å². The minimum Gasteiger partial charge on any atom is -0.357 e. The SMILES string of the molecule is CCCCCCCCN1C(=O)C(=Cc2c(C)c(C#N)c(=O)n(CC)c2N2CCCCCC2)SC1=S. The van der Waals surface area contributed by atoms with Crippen molar-refractivity contribution in [1.29, 1.82) is 5.26 Å². The summed E-state index contributed by atoms with van der Waals surface area (Å²) in [7, 11) is 0. The van der Waals surface area contributed by atoms with Crippen LogP contribution in [0.25, 0.3) is 6.08 Å². The fourth-order valence-electron chi connectivity index (χ4n) is 4.93. The molecule has 1 aromatic heterocycles. The Balaban J connectivity index is 1.95. The third-order valence-corrected chi connectivity index (χ3v) is 8.33. The summed E-state index contributed by atoms with van der Waals surface area (Å²) < 4.78 is 2.30. The van der Waals surface area contributed by atoms with Crippen LogP contribution >= 0.6 is 24.0 Å². The van der Waals surface area contributed by atoms with Gasteiger partial charge in [0.15, 0.2) is 0 Å². The van der Waals surface area contributed by atoms with Gasteiger partial charge in [-0.3, -0.25) is 19.1 Å². The van der Waals surface area contributed by atoms with E-state index in [-0.39, 0.29) is 17.0 Å². The maximum Gasteiger partial charge on any atom is 0.270 e. The van der Waals surface area contributed by atoms with Crippen LogP contribution in [0.15, 0.2) is 9.70 Å². The van der Waals surface area contributed by atoms with E-state index in [1.807, 2.05) is 19.9 Å². The molecule has 2 aliphatic rings. The fraction of sp³-hybridized carbons (Fsp3) is 0.630. The first-order chi connectivity index (χ1) is 16.9. The van der Waals surface area contributed by atoms with Crippen LogP contribution in [-0.4, -0.2) is 39.3 Å². The molecule has 0 aliphatic carbocycles. The van der Waals surface area contributed by atoms with Crippen LogP contribution in [0.5, 0.6) is 0 Å². The minimum absolute atomic E-state index is 0.0671. The number of carbonyl (C=O) groups excluding carboxylic acids is 1. The Morgan fingerprint density at radius 2 is 1.69 bits per heavy atom. The zero-order valence-electron chi connectivity index (χ0n) is 21.4. The van der Waals surface area contributed by atoms with E-state index in [1.165, 1.54) is 50.3 Å². The van der Waals surface area contributed by atoms with Crippen LogP contribution in [0.4, 0.5) is 5.82 Å². The number of aromatic nitrogens is 1. The molecule has 0 spiro atoms. The molecule has 35 heavy (non-hydrogen) atoms. The Kier molecular flexibility index (Phi) is 10.4. The second-order valence-corrected chi connectivity index (χ2v) is 11.1. The van der Waals surface area contributed by atoms with E-state index in [0.717, 1.165) is 50.2 Å². The summed E-state index contributed by atoms with van der Waals surface area (Å²) in [5, 5.41) is 9.76. The molecule has 8 heteroatoms. The number of carbonyl (C=O) groups is 1. The lowest BCUT2D eigenvalue weighted by Crippen LogP contribution is -2.35. The Morgan fingerprint density at radius 1 is 1.03 bits per heavy atom. The van der Waals surface area contributed by atoms with Gasteiger partial charge >= 0.3 is 0 Å². The van der Waals surface area contributed by atoms with Crippen LogP contribution < -0.4 is 10.5 Å². The molecule has 2 aliphatic heterocycles. The molecule has 3 heterocycles. The highest BCUT2D eigenvalue weighted by molar-refractivity contribution is 8.26. The van der Waals surface area contributed by atoms with Crippen molar-refractivity contribution in [2.75, 3.05) is 24.5 Å². The molecule has 1 aromatic rings. The van der Waals surface area contributed by atoms with Crippen molar-refractivity contribution in [2.24, 2.45) is 0 Å². The average Bonchev–Trinajstić information content (AvgIpc) is 3.02. The summed E-state index contributed by atoms with van der Waals surface area (Å²) in [4.78, 5) is 31.0. The van der Waals surface area contributed by atoms with Crippen LogP contribution in [0.3, 0.4) is 0 Å². The van der Waals surface area contributed by atoms with Crippen molar-refractivity contribution < 1.29 is 4.79 Å². The lowest BCUT2D eigenvalue weighted by atomic mass is 10.0. The molecule has 0 radical (unpaired) electrons. The number of pyridine rings is 1. The highest BCUT2D eigenvalue weighted by Gasteiger charge is 2.33. The first-order valence-electron chi connectivity index (χ1n) is 13.1. The molecule has 0 bridgehead atoms. The number of hydrogen-bond donors (Lipinski definition) is 0. The Bertz CT molecular complexity index is 1060. The normalized spacial score (nSPS) is 17.8. The zero-order chi connectivity index (χ0) is 25.4. The van der Waals surface area contributed by atoms with Crippen molar-refractivity contribution in [3.8, 4) is 6.07 Å². The standard InChI is InChI=1S/C27H38N4O2S2/c1-4-6-7-8-9-14-17-31-26(33)23(35-27(31)34)18-21-20(3)22(19-28)25(32)30(5-2)24(21)29-15-12-10-11-13-16-29/h18H,4-17H2,1-3H3. The molecule has 6 nitrogen and oxygen atoms in total. The van der Waals surface area contributed by atoms with Gasteiger partial charge in [0.25, 0.3) is 11.5 Å². The molecule has 0 unspecified atom stereocenters. The maximum atomic E-state index is 13.3. The molecule has 2 saturated heterocycles. The van der Waals surface area contributed by atoms with Crippen molar-refractivity contribution in [3.05, 3.63) is 31.9 Å². The second-order valence-electron chi connectivity index (χ2n) is 9.40. The topological polar surface area (TPSA) is 69.3 Å². The Labute approximate surface area is 219 Å². The predicted molar refractivity (Wildman–Crippen MR) is 150 cm³/mol. The number of anilines is 1. The average molecular weight is 515 g/mol. The van der Waals surface area contributed by atoms with Crippen LogP contribution in [0.2, 0.25) is 0 Å². The van der Waals surface area contributed by atoms with Crippen LogP contribution in [0, 0.1) is 18.3 Å². The fourth-order valence-corrected chi connectivity index (χ4v) is 6.23. The summed E-state index contributed by atoms with van der Waals surface area (Å²) >= 11 is 6.89. The molecular formula is C27H38N4O2S2. The van der Waals surface area contributed by atoms with Crippen molar-refractivity contribution in [2.45, 2.75) is 91.5 Å². The highest BCUT2D eigenvalue weighted by atomic mass is 32.2. The van der Waals surface area contributed by atoms with Gasteiger partial charge in [0, 0.05) is 31.7 Å². The number of amides is 1. The quantitative estimate of drug-likeness (QED) is 0.217. The summed E-state index contributed by atoms with van der Waals surface area (Å²) in [5.41, 5.74) is 1.34. The second kappa shape index (κ2) is 13.3. The van der Waals surface area contributed by atoms with E-state index in [9.17, 15) is 14.9 Å². The molecule has 2 fully saturated rings. The third kappa shape index (κ3) is 6.37. The molecule has 1 amide bonds. The molecule has 0 N–H and O–H groups in total. The third-order valence-electron chi connectivity index (χ3n) is 6.95. The van der Waals surface area contributed by atoms with Crippen LogP contribution in [-0.2, 0) is 11.3 Å². The number of nitriles is 1. The lowest BCUT2D eigenvalue weighted by Gasteiger charge is -2.29. The minimum atomic E-state index is -0.250. The zero-order valence-corrected chi connectivity index (χ0v) is 23.0. The summed E-state index contributed by atoms with van der Waals surface area (Å²) in [6.07, 6.45) is 13.3. The first-order valence-corrected chi connectivity index (χ1v) is 14.3. The van der Waals surface area contributed by atoms with Crippen molar-refractivity contribution in [1.82, 2.24) is 9.47 Å². The van der Waals surface area contributed by atoms with Gasteiger partial charge in [-0.1, -0.05) is 75.8 Å². The first kappa shape index (κ1) is 27.5. The van der Waals surface area contributed by atoms with Gasteiger partial charge < -0.3 is 4.90 Å². The van der Waals surface area contributed by atoms with Gasteiger partial charge in [0.05, 0.1) is 4.91 Å². The van der Waals surface area contributed by atoms with Crippen molar-refractivity contribution in [3.63, 3.8) is 0 Å². The van der Waals surface area contributed by atoms with E-state index in [2.05, 4.69) is 17.9 Å². The summed E-state index contributed by atoms with van der Waals surface area (Å²) in [6, 6.07) is 2.11. The molecule has 190 valence electrons. The number of thioether (sulfide) groups is 1. The number of unbranched alkanes of at least 4 members (excludes halogenated alkanes) is 5. The molecule has 3 rings (SSSR count). The Morgan fingerprint density at radius 3 is 2.31 bits per heavy atom. The van der Waals surface area contributed by atoms with Gasteiger partial charge in [-0.05, 0) is 44.7 Å². The van der Waals surface area contributed by atoms with Gasteiger partial charge in [-0.2, -0.15) is 5.26 Å².